The molecule has 180 valence electrons. The molecule has 1 fully saturated rings. The molecule has 4 nitrogen and oxygen atoms in total. The van der Waals surface area contributed by atoms with Crippen LogP contribution < -0.4 is 0 Å². The van der Waals surface area contributed by atoms with E-state index in [2.05, 4.69) is 33.9 Å². The van der Waals surface area contributed by atoms with E-state index in [1.807, 2.05) is 30.3 Å². The van der Waals surface area contributed by atoms with E-state index in [9.17, 15) is 9.18 Å². The number of methoxy groups -OCH3 is 1. The molecule has 0 amide bonds. The third-order valence-electron chi connectivity index (χ3n) is 6.87. The Balaban J connectivity index is 1.70. The third-order valence-corrected chi connectivity index (χ3v) is 12.3. The van der Waals surface area contributed by atoms with Gasteiger partial charge in [-0.25, -0.2) is 4.39 Å². The number of benzene rings is 2. The van der Waals surface area contributed by atoms with Gasteiger partial charge in [-0.15, -0.1) is 0 Å². The lowest BCUT2D eigenvalue weighted by Crippen LogP contribution is -2.42. The molecule has 0 saturated carbocycles. The first-order valence-corrected chi connectivity index (χ1v) is 15.1. The second-order valence-corrected chi connectivity index (χ2v) is 16.0. The van der Waals surface area contributed by atoms with Crippen molar-refractivity contribution in [3.05, 3.63) is 59.4 Å². The molecule has 1 saturated heterocycles. The van der Waals surface area contributed by atoms with Crippen LogP contribution in [0, 0.1) is 5.82 Å². The number of ether oxygens (including phenoxy) is 2. The summed E-state index contributed by atoms with van der Waals surface area (Å²) in [5.74, 6) is -0.307. The van der Waals surface area contributed by atoms with Crippen LogP contribution >= 0.6 is 11.8 Å². The van der Waals surface area contributed by atoms with Gasteiger partial charge in [-0.2, -0.15) is 0 Å². The Morgan fingerprint density at radius 2 is 1.73 bits per heavy atom. The van der Waals surface area contributed by atoms with E-state index >= 15 is 0 Å². The number of carbonyl (C=O) groups is 1. The van der Waals surface area contributed by atoms with Crippen LogP contribution in [0.2, 0.25) is 18.1 Å². The van der Waals surface area contributed by atoms with Gasteiger partial charge in [0.2, 0.25) is 0 Å². The predicted molar refractivity (Wildman–Crippen MR) is 133 cm³/mol. The van der Waals surface area contributed by atoms with Gasteiger partial charge in [0.05, 0.1) is 12.2 Å². The van der Waals surface area contributed by atoms with Crippen LogP contribution in [-0.4, -0.2) is 41.0 Å². The smallest absolute Gasteiger partial charge is 0.192 e. The summed E-state index contributed by atoms with van der Waals surface area (Å²) < 4.78 is 31.8. The average molecular weight is 491 g/mol. The second-order valence-electron chi connectivity index (χ2n) is 10.1. The van der Waals surface area contributed by atoms with Gasteiger partial charge in [0, 0.05) is 48.5 Å². The zero-order valence-corrected chi connectivity index (χ0v) is 22.3. The Morgan fingerprint density at radius 1 is 1.09 bits per heavy atom. The van der Waals surface area contributed by atoms with Crippen LogP contribution in [0.3, 0.4) is 0 Å². The molecule has 0 aliphatic carbocycles. The van der Waals surface area contributed by atoms with E-state index in [1.54, 1.807) is 13.2 Å². The Bertz CT molecular complexity index is 963. The lowest BCUT2D eigenvalue weighted by molar-refractivity contribution is -0.0950. The van der Waals surface area contributed by atoms with E-state index in [4.69, 9.17) is 13.9 Å². The Hall–Kier alpha value is -1.51. The number of carbonyl (C=O) groups excluding carboxylic acids is 1. The van der Waals surface area contributed by atoms with Gasteiger partial charge >= 0.3 is 0 Å². The zero-order valence-electron chi connectivity index (χ0n) is 20.5. The first-order valence-electron chi connectivity index (χ1n) is 11.3. The molecule has 1 heterocycles. The van der Waals surface area contributed by atoms with Crippen molar-refractivity contribution < 1.29 is 23.1 Å². The standard InChI is InChI=1S/C26H35FO4SSi/c1-25(2,3)33(5,6)31-18-24(28)19-7-9-22(10-8-19)32-23-16-20(15-21(27)17-23)26(29-4)11-13-30-14-12-26/h7-10,15-17H,11-14,18H2,1-6H3. The van der Waals surface area contributed by atoms with Gasteiger partial charge in [-0.05, 0) is 54.0 Å². The van der Waals surface area contributed by atoms with Crippen molar-refractivity contribution in [2.45, 2.75) is 67.1 Å². The van der Waals surface area contributed by atoms with E-state index in [-0.39, 0.29) is 23.2 Å². The normalized spacial score (nSPS) is 16.6. The first-order chi connectivity index (χ1) is 15.5. The largest absolute Gasteiger partial charge is 0.409 e. The first kappa shape index (κ1) is 26.1. The Kier molecular flexibility index (Phi) is 8.22. The molecule has 7 heteroatoms. The summed E-state index contributed by atoms with van der Waals surface area (Å²) >= 11 is 1.47. The summed E-state index contributed by atoms with van der Waals surface area (Å²) in [5, 5.41) is 0.0592. The second kappa shape index (κ2) is 10.4. The minimum atomic E-state index is -1.98. The van der Waals surface area contributed by atoms with Gasteiger partial charge < -0.3 is 13.9 Å². The quantitative estimate of drug-likeness (QED) is 0.300. The highest BCUT2D eigenvalue weighted by Gasteiger charge is 2.37. The fraction of sp³-hybridized carbons (Fsp3) is 0.500. The molecule has 3 rings (SSSR count). The van der Waals surface area contributed by atoms with Crippen molar-refractivity contribution in [2.24, 2.45) is 0 Å². The molecule has 0 bridgehead atoms. The minimum Gasteiger partial charge on any atom is -0.409 e. The van der Waals surface area contributed by atoms with Crippen molar-refractivity contribution in [2.75, 3.05) is 26.9 Å². The Morgan fingerprint density at radius 3 is 2.30 bits per heavy atom. The molecular formula is C26H35FO4SSi. The number of hydrogen-bond donors (Lipinski definition) is 0. The Labute approximate surface area is 202 Å². The number of Topliss-reactive ketones (excluding diaryl/α,β-unsaturated/α-hetero) is 1. The zero-order chi connectivity index (χ0) is 24.3. The number of hydrogen-bond acceptors (Lipinski definition) is 5. The van der Waals surface area contributed by atoms with Gasteiger partial charge in [0.1, 0.15) is 5.82 Å². The van der Waals surface area contributed by atoms with E-state index in [0.29, 0.717) is 31.6 Å². The van der Waals surface area contributed by atoms with E-state index in [1.165, 1.54) is 17.8 Å². The molecule has 0 atom stereocenters. The highest BCUT2D eigenvalue weighted by molar-refractivity contribution is 7.99. The van der Waals surface area contributed by atoms with Gasteiger partial charge in [0.25, 0.3) is 0 Å². The fourth-order valence-electron chi connectivity index (χ4n) is 3.59. The third kappa shape index (κ3) is 6.34. The fourth-order valence-corrected chi connectivity index (χ4v) is 5.41. The van der Waals surface area contributed by atoms with Crippen molar-refractivity contribution in [3.63, 3.8) is 0 Å². The molecule has 2 aromatic carbocycles. The summed E-state index contributed by atoms with van der Waals surface area (Å²) in [5.41, 5.74) is 0.944. The maximum Gasteiger partial charge on any atom is 0.192 e. The summed E-state index contributed by atoms with van der Waals surface area (Å²) in [6.07, 6.45) is 1.40. The number of rotatable bonds is 8. The molecule has 2 aromatic rings. The molecule has 1 aliphatic heterocycles. The molecular weight excluding hydrogens is 455 g/mol. The van der Waals surface area contributed by atoms with Crippen LogP contribution in [0.5, 0.6) is 0 Å². The van der Waals surface area contributed by atoms with Crippen LogP contribution in [-0.2, 0) is 19.5 Å². The minimum absolute atomic E-state index is 0.0222. The van der Waals surface area contributed by atoms with Crippen molar-refractivity contribution in [1.82, 2.24) is 0 Å². The highest BCUT2D eigenvalue weighted by atomic mass is 32.2. The van der Waals surface area contributed by atoms with Crippen LogP contribution in [0.1, 0.15) is 49.5 Å². The van der Waals surface area contributed by atoms with Crippen LogP contribution in [0.4, 0.5) is 4.39 Å². The summed E-state index contributed by atoms with van der Waals surface area (Å²) in [6.45, 7) is 12.0. The SMILES string of the molecule is COC1(c2cc(F)cc(Sc3ccc(C(=O)CO[Si](C)(C)C(C)(C)C)cc3)c2)CCOCC1. The predicted octanol–water partition coefficient (Wildman–Crippen LogP) is 6.83. The van der Waals surface area contributed by atoms with Gasteiger partial charge in [-0.3, -0.25) is 4.79 Å². The van der Waals surface area contributed by atoms with Crippen LogP contribution in [0.15, 0.2) is 52.3 Å². The summed E-state index contributed by atoms with van der Waals surface area (Å²) in [4.78, 5) is 14.4. The molecule has 1 aliphatic rings. The van der Waals surface area contributed by atoms with Crippen molar-refractivity contribution in [3.8, 4) is 0 Å². The lowest BCUT2D eigenvalue weighted by Gasteiger charge is -2.36. The molecule has 0 N–H and O–H groups in total. The monoisotopic (exact) mass is 490 g/mol. The molecule has 33 heavy (non-hydrogen) atoms. The molecule has 0 radical (unpaired) electrons. The number of halogens is 1. The molecule has 0 aromatic heterocycles. The average Bonchev–Trinajstić information content (AvgIpc) is 2.77. The highest BCUT2D eigenvalue weighted by Crippen LogP contribution is 2.39. The maximum absolute atomic E-state index is 14.5. The van der Waals surface area contributed by atoms with Crippen molar-refractivity contribution >= 4 is 25.9 Å². The molecule has 0 unspecified atom stereocenters. The van der Waals surface area contributed by atoms with Crippen LogP contribution in [0.25, 0.3) is 0 Å². The summed E-state index contributed by atoms with van der Waals surface area (Å²) in [6, 6.07) is 12.5. The maximum atomic E-state index is 14.5. The number of ketones is 1. The van der Waals surface area contributed by atoms with E-state index < -0.39 is 13.9 Å². The van der Waals surface area contributed by atoms with Gasteiger partial charge in [-0.1, -0.05) is 44.7 Å². The van der Waals surface area contributed by atoms with Gasteiger partial charge in [0.15, 0.2) is 14.1 Å². The van der Waals surface area contributed by atoms with E-state index in [0.717, 1.165) is 15.4 Å². The van der Waals surface area contributed by atoms with Crippen molar-refractivity contribution in [1.29, 1.82) is 0 Å². The topological polar surface area (TPSA) is 44.8 Å². The molecule has 0 spiro atoms. The summed E-state index contributed by atoms with van der Waals surface area (Å²) in [7, 11) is -0.302. The lowest BCUT2D eigenvalue weighted by atomic mass is 9.86.